The number of nitrogens with zero attached hydrogens (tertiary/aromatic N) is 1. The Kier molecular flexibility index (Phi) is 3.99. The molecule has 0 bridgehead atoms. The van der Waals surface area contributed by atoms with Crippen molar-refractivity contribution in [1.82, 2.24) is 10.3 Å². The fraction of sp³-hybridized carbons (Fsp3) is 0.235. The summed E-state index contributed by atoms with van der Waals surface area (Å²) in [7, 11) is 0. The van der Waals surface area contributed by atoms with Crippen LogP contribution in [0.5, 0.6) is 0 Å². The number of benzene rings is 1. The average molecular weight is 300 g/mol. The third-order valence-electron chi connectivity index (χ3n) is 3.37. The van der Waals surface area contributed by atoms with E-state index in [2.05, 4.69) is 53.8 Å². The zero-order chi connectivity index (χ0) is 14.8. The molecule has 0 aliphatic rings. The van der Waals surface area contributed by atoms with Crippen LogP contribution in [0.15, 0.2) is 48.0 Å². The fourth-order valence-electron chi connectivity index (χ4n) is 2.47. The van der Waals surface area contributed by atoms with E-state index in [1.54, 1.807) is 17.4 Å². The van der Waals surface area contributed by atoms with Gasteiger partial charge in [-0.05, 0) is 48.4 Å². The Morgan fingerprint density at radius 3 is 2.71 bits per heavy atom. The molecule has 1 N–H and O–H groups in total. The van der Waals surface area contributed by atoms with Crippen molar-refractivity contribution in [3.05, 3.63) is 65.0 Å². The lowest BCUT2D eigenvalue weighted by Gasteiger charge is -2.22. The topological polar surface area (TPSA) is 24.9 Å². The highest BCUT2D eigenvalue weighted by molar-refractivity contribution is 7.17. The Hall–Kier alpha value is -1.78. The van der Waals surface area contributed by atoms with Crippen LogP contribution in [0, 0.1) is 5.82 Å². The van der Waals surface area contributed by atoms with E-state index in [1.165, 1.54) is 27.9 Å². The fourth-order valence-corrected chi connectivity index (χ4v) is 3.41. The van der Waals surface area contributed by atoms with Crippen molar-refractivity contribution in [3.63, 3.8) is 0 Å². The van der Waals surface area contributed by atoms with Gasteiger partial charge in [0.25, 0.3) is 0 Å². The lowest BCUT2D eigenvalue weighted by atomic mass is 10.0. The summed E-state index contributed by atoms with van der Waals surface area (Å²) in [6.45, 7) is 4.20. The second-order valence-corrected chi connectivity index (χ2v) is 6.26. The van der Waals surface area contributed by atoms with Crippen molar-refractivity contribution >= 4 is 21.4 Å². The smallest absolute Gasteiger partial charge is 0.141 e. The van der Waals surface area contributed by atoms with Crippen LogP contribution >= 0.6 is 11.3 Å². The lowest BCUT2D eigenvalue weighted by molar-refractivity contribution is 0.520. The molecule has 0 fully saturated rings. The van der Waals surface area contributed by atoms with Crippen LogP contribution in [0.3, 0.4) is 0 Å². The molecular formula is C17H17FN2S. The average Bonchev–Trinajstić information content (AvgIpc) is 2.94. The molecule has 0 amide bonds. The van der Waals surface area contributed by atoms with E-state index in [1.807, 2.05) is 0 Å². The summed E-state index contributed by atoms with van der Waals surface area (Å²) in [6.07, 6.45) is 1.28. The predicted octanol–water partition coefficient (Wildman–Crippen LogP) is 4.52. The first kappa shape index (κ1) is 14.2. The summed E-state index contributed by atoms with van der Waals surface area (Å²) < 4.78 is 14.4. The van der Waals surface area contributed by atoms with Gasteiger partial charge < -0.3 is 5.32 Å². The summed E-state index contributed by atoms with van der Waals surface area (Å²) in [6, 6.07) is 11.9. The predicted molar refractivity (Wildman–Crippen MR) is 86.1 cm³/mol. The van der Waals surface area contributed by atoms with Gasteiger partial charge in [0.05, 0.1) is 17.9 Å². The van der Waals surface area contributed by atoms with E-state index in [0.29, 0.717) is 6.04 Å². The van der Waals surface area contributed by atoms with Gasteiger partial charge in [-0.3, -0.25) is 4.98 Å². The number of rotatable bonds is 4. The lowest BCUT2D eigenvalue weighted by Crippen LogP contribution is -2.29. The summed E-state index contributed by atoms with van der Waals surface area (Å²) in [5.41, 5.74) is 2.03. The number of hydrogen-bond donors (Lipinski definition) is 1. The third kappa shape index (κ3) is 2.96. The molecule has 3 aromatic rings. The summed E-state index contributed by atoms with van der Waals surface area (Å²) >= 11 is 1.73. The molecule has 0 saturated heterocycles. The first-order valence-electron chi connectivity index (χ1n) is 6.99. The molecule has 2 heterocycles. The van der Waals surface area contributed by atoms with Crippen LogP contribution in [0.4, 0.5) is 4.39 Å². The van der Waals surface area contributed by atoms with Crippen LogP contribution < -0.4 is 5.32 Å². The van der Waals surface area contributed by atoms with Crippen molar-refractivity contribution in [3.8, 4) is 0 Å². The van der Waals surface area contributed by atoms with Crippen LogP contribution in [-0.4, -0.2) is 11.0 Å². The molecule has 1 atom stereocenters. The van der Waals surface area contributed by atoms with Gasteiger partial charge in [-0.2, -0.15) is 0 Å². The third-order valence-corrected chi connectivity index (χ3v) is 4.35. The largest absolute Gasteiger partial charge is 0.303 e. The van der Waals surface area contributed by atoms with E-state index in [4.69, 9.17) is 0 Å². The highest BCUT2D eigenvalue weighted by Gasteiger charge is 2.19. The molecule has 0 spiro atoms. The molecule has 0 aliphatic heterocycles. The number of aromatic nitrogens is 1. The van der Waals surface area contributed by atoms with Crippen molar-refractivity contribution in [2.45, 2.75) is 25.9 Å². The minimum Gasteiger partial charge on any atom is -0.303 e. The molecular weight excluding hydrogens is 283 g/mol. The monoisotopic (exact) mass is 300 g/mol. The van der Waals surface area contributed by atoms with Crippen molar-refractivity contribution in [1.29, 1.82) is 0 Å². The zero-order valence-corrected chi connectivity index (χ0v) is 12.8. The summed E-state index contributed by atoms with van der Waals surface area (Å²) in [4.78, 5) is 4.27. The maximum Gasteiger partial charge on any atom is 0.141 e. The molecule has 3 rings (SSSR count). The van der Waals surface area contributed by atoms with Gasteiger partial charge in [0.2, 0.25) is 0 Å². The van der Waals surface area contributed by atoms with Crippen molar-refractivity contribution in [2.75, 3.05) is 0 Å². The van der Waals surface area contributed by atoms with Gasteiger partial charge in [-0.15, -0.1) is 11.3 Å². The molecule has 108 valence electrons. The molecule has 2 aromatic heterocycles. The molecule has 1 unspecified atom stereocenters. The van der Waals surface area contributed by atoms with E-state index in [9.17, 15) is 4.39 Å². The van der Waals surface area contributed by atoms with E-state index < -0.39 is 0 Å². The molecule has 0 radical (unpaired) electrons. The maximum atomic E-state index is 13.1. The summed E-state index contributed by atoms with van der Waals surface area (Å²) in [5, 5.41) is 6.86. The molecule has 2 nitrogen and oxygen atoms in total. The minimum atomic E-state index is -0.309. The molecule has 21 heavy (non-hydrogen) atoms. The highest BCUT2D eigenvalue weighted by Crippen LogP contribution is 2.32. The number of pyridine rings is 1. The normalized spacial score (nSPS) is 13.0. The van der Waals surface area contributed by atoms with Gasteiger partial charge in [0.15, 0.2) is 0 Å². The minimum absolute atomic E-state index is 0.0343. The van der Waals surface area contributed by atoms with E-state index in [0.717, 1.165) is 5.69 Å². The van der Waals surface area contributed by atoms with Gasteiger partial charge >= 0.3 is 0 Å². The molecule has 4 heteroatoms. The maximum absolute atomic E-state index is 13.1. The number of hydrogen-bond acceptors (Lipinski definition) is 3. The van der Waals surface area contributed by atoms with Crippen LogP contribution in [-0.2, 0) is 0 Å². The quantitative estimate of drug-likeness (QED) is 0.766. The first-order chi connectivity index (χ1) is 10.1. The Labute approximate surface area is 127 Å². The van der Waals surface area contributed by atoms with Crippen molar-refractivity contribution < 1.29 is 4.39 Å². The van der Waals surface area contributed by atoms with Crippen LogP contribution in [0.2, 0.25) is 0 Å². The van der Waals surface area contributed by atoms with Crippen LogP contribution in [0.25, 0.3) is 10.1 Å². The highest BCUT2D eigenvalue weighted by atomic mass is 32.1. The number of halogens is 1. The van der Waals surface area contributed by atoms with E-state index >= 15 is 0 Å². The van der Waals surface area contributed by atoms with Gasteiger partial charge in [-0.25, -0.2) is 4.39 Å². The zero-order valence-electron chi connectivity index (χ0n) is 12.0. The Balaban J connectivity index is 2.10. The standard InChI is InChI=1S/C17H17FN2S/c1-11(2)20-16(15-7-6-13(18)10-19-15)14-5-3-4-12-8-9-21-17(12)14/h3-11,16,20H,1-2H3. The van der Waals surface area contributed by atoms with Gasteiger partial charge in [0, 0.05) is 10.7 Å². The molecule has 0 saturated carbocycles. The van der Waals surface area contributed by atoms with Gasteiger partial charge in [0.1, 0.15) is 5.82 Å². The molecule has 1 aromatic carbocycles. The Morgan fingerprint density at radius 2 is 2.00 bits per heavy atom. The summed E-state index contributed by atoms with van der Waals surface area (Å²) in [5.74, 6) is -0.309. The van der Waals surface area contributed by atoms with Crippen molar-refractivity contribution in [2.24, 2.45) is 0 Å². The second kappa shape index (κ2) is 5.92. The van der Waals surface area contributed by atoms with Gasteiger partial charge in [-0.1, -0.05) is 18.2 Å². The Morgan fingerprint density at radius 1 is 1.14 bits per heavy atom. The SMILES string of the molecule is CC(C)NC(c1ccc(F)cn1)c1cccc2ccsc12. The number of thiophene rings is 1. The second-order valence-electron chi connectivity index (χ2n) is 5.34. The number of nitrogens with one attached hydrogen (secondary N) is 1. The van der Waals surface area contributed by atoms with Crippen LogP contribution in [0.1, 0.15) is 31.1 Å². The Bertz CT molecular complexity index is 734. The number of fused-ring (bicyclic) bond motifs is 1. The first-order valence-corrected chi connectivity index (χ1v) is 7.87. The molecule has 0 aliphatic carbocycles. The van der Waals surface area contributed by atoms with E-state index in [-0.39, 0.29) is 11.9 Å².